The van der Waals surface area contributed by atoms with Gasteiger partial charge in [0.25, 0.3) is 5.91 Å². The molecule has 0 unspecified atom stereocenters. The van der Waals surface area contributed by atoms with E-state index in [2.05, 4.69) is 11.9 Å². The fraction of sp³-hybridized carbons (Fsp3) is 0.100. The van der Waals surface area contributed by atoms with Gasteiger partial charge in [-0.1, -0.05) is 12.7 Å². The summed E-state index contributed by atoms with van der Waals surface area (Å²) in [5.74, 6) is -2.56. The number of nitrogens with one attached hydrogen (secondary N) is 1. The van der Waals surface area contributed by atoms with Gasteiger partial charge in [0.2, 0.25) is 0 Å². The Labute approximate surface area is 80.2 Å². The van der Waals surface area contributed by atoms with Gasteiger partial charge >= 0.3 is 0 Å². The van der Waals surface area contributed by atoms with Crippen LogP contribution in [-0.2, 0) is 0 Å². The lowest BCUT2D eigenvalue weighted by Crippen LogP contribution is -2.21. The lowest BCUT2D eigenvalue weighted by atomic mass is 10.1. The second-order valence-electron chi connectivity index (χ2n) is 2.61. The fourth-order valence-corrected chi connectivity index (χ4v) is 1.06. The highest BCUT2D eigenvalue weighted by atomic mass is 19.1. The van der Waals surface area contributed by atoms with Gasteiger partial charge in [0.15, 0.2) is 0 Å². The minimum atomic E-state index is -0.889. The van der Waals surface area contributed by atoms with E-state index in [0.29, 0.717) is 0 Å². The number of amides is 1. The first kappa shape index (κ1) is 10.4. The molecule has 1 N–H and O–H groups in total. The van der Waals surface area contributed by atoms with E-state index in [9.17, 15) is 13.6 Å². The van der Waals surface area contributed by atoms with Crippen molar-refractivity contribution in [3.8, 4) is 0 Å². The number of rotatable bonds is 2. The van der Waals surface area contributed by atoms with Crippen LogP contribution < -0.4 is 5.32 Å². The van der Waals surface area contributed by atoms with Gasteiger partial charge in [-0.3, -0.25) is 4.79 Å². The molecule has 14 heavy (non-hydrogen) atoms. The minimum Gasteiger partial charge on any atom is -0.355 e. The van der Waals surface area contributed by atoms with Crippen molar-refractivity contribution in [3.05, 3.63) is 41.5 Å². The molecule has 0 aromatic heterocycles. The van der Waals surface area contributed by atoms with Crippen molar-refractivity contribution in [3.63, 3.8) is 0 Å². The molecule has 1 amide bonds. The number of carbonyl (C=O) groups is 1. The van der Waals surface area contributed by atoms with Gasteiger partial charge in [-0.15, -0.1) is 0 Å². The van der Waals surface area contributed by atoms with Crippen LogP contribution in [-0.4, -0.2) is 13.0 Å². The summed E-state index contributed by atoms with van der Waals surface area (Å²) >= 11 is 0. The maximum Gasteiger partial charge on any atom is 0.257 e. The van der Waals surface area contributed by atoms with Crippen LogP contribution in [0.15, 0.2) is 18.7 Å². The minimum absolute atomic E-state index is 0.102. The van der Waals surface area contributed by atoms with Crippen molar-refractivity contribution < 1.29 is 13.6 Å². The summed E-state index contributed by atoms with van der Waals surface area (Å²) in [4.78, 5) is 11.1. The molecule has 0 bridgehead atoms. The number of hydrogen-bond acceptors (Lipinski definition) is 1. The van der Waals surface area contributed by atoms with Gasteiger partial charge in [-0.05, 0) is 12.1 Å². The van der Waals surface area contributed by atoms with E-state index in [4.69, 9.17) is 0 Å². The molecule has 1 rings (SSSR count). The maximum atomic E-state index is 13.4. The molecular weight excluding hydrogens is 188 g/mol. The van der Waals surface area contributed by atoms with Crippen LogP contribution in [0.2, 0.25) is 0 Å². The zero-order chi connectivity index (χ0) is 10.7. The molecule has 0 heterocycles. The molecule has 4 heteroatoms. The lowest BCUT2D eigenvalue weighted by Gasteiger charge is -2.05. The zero-order valence-corrected chi connectivity index (χ0v) is 7.60. The Morgan fingerprint density at radius 2 is 2.14 bits per heavy atom. The predicted octanol–water partition coefficient (Wildman–Crippen LogP) is 1.97. The van der Waals surface area contributed by atoms with E-state index in [-0.39, 0.29) is 5.56 Å². The number of halogens is 2. The topological polar surface area (TPSA) is 29.1 Å². The van der Waals surface area contributed by atoms with Gasteiger partial charge in [0.05, 0.1) is 0 Å². The Morgan fingerprint density at radius 1 is 1.50 bits per heavy atom. The second kappa shape index (κ2) is 4.00. The van der Waals surface area contributed by atoms with Crippen molar-refractivity contribution in [1.29, 1.82) is 0 Å². The first-order valence-corrected chi connectivity index (χ1v) is 3.94. The smallest absolute Gasteiger partial charge is 0.257 e. The van der Waals surface area contributed by atoms with E-state index >= 15 is 0 Å². The van der Waals surface area contributed by atoms with Crippen molar-refractivity contribution >= 4 is 12.0 Å². The summed E-state index contributed by atoms with van der Waals surface area (Å²) in [6, 6.07) is 2.26. The SMILES string of the molecule is C=Cc1ccc(F)c(C(=O)NC)c1F. The summed E-state index contributed by atoms with van der Waals surface area (Å²) < 4.78 is 26.5. The van der Waals surface area contributed by atoms with Crippen LogP contribution in [0.25, 0.3) is 6.08 Å². The maximum absolute atomic E-state index is 13.4. The van der Waals surface area contributed by atoms with Crippen LogP contribution in [0, 0.1) is 11.6 Å². The van der Waals surface area contributed by atoms with E-state index in [1.54, 1.807) is 0 Å². The highest BCUT2D eigenvalue weighted by molar-refractivity contribution is 5.95. The molecule has 0 aliphatic heterocycles. The zero-order valence-electron chi connectivity index (χ0n) is 7.60. The van der Waals surface area contributed by atoms with Crippen LogP contribution in [0.1, 0.15) is 15.9 Å². The van der Waals surface area contributed by atoms with Gasteiger partial charge < -0.3 is 5.32 Å². The third kappa shape index (κ3) is 1.64. The van der Waals surface area contributed by atoms with Crippen LogP contribution in [0.4, 0.5) is 8.78 Å². The third-order valence-corrected chi connectivity index (χ3v) is 1.80. The van der Waals surface area contributed by atoms with Crippen molar-refractivity contribution in [2.24, 2.45) is 0 Å². The summed E-state index contributed by atoms with van der Waals surface area (Å²) in [7, 11) is 1.31. The van der Waals surface area contributed by atoms with Crippen molar-refractivity contribution in [2.75, 3.05) is 7.05 Å². The Bertz CT molecular complexity index is 388. The van der Waals surface area contributed by atoms with E-state index in [1.807, 2.05) is 0 Å². The van der Waals surface area contributed by atoms with Crippen LogP contribution in [0.3, 0.4) is 0 Å². The first-order chi connectivity index (χ1) is 6.61. The molecule has 0 saturated heterocycles. The van der Waals surface area contributed by atoms with Crippen molar-refractivity contribution in [1.82, 2.24) is 5.32 Å². The molecule has 0 radical (unpaired) electrons. The van der Waals surface area contributed by atoms with Crippen LogP contribution in [0.5, 0.6) is 0 Å². The van der Waals surface area contributed by atoms with E-state index < -0.39 is 23.1 Å². The highest BCUT2D eigenvalue weighted by Gasteiger charge is 2.17. The number of hydrogen-bond donors (Lipinski definition) is 1. The molecule has 74 valence electrons. The molecule has 2 nitrogen and oxygen atoms in total. The molecule has 0 aliphatic carbocycles. The van der Waals surface area contributed by atoms with Gasteiger partial charge in [0, 0.05) is 12.6 Å². The number of benzene rings is 1. The average molecular weight is 197 g/mol. The first-order valence-electron chi connectivity index (χ1n) is 3.94. The lowest BCUT2D eigenvalue weighted by molar-refractivity contribution is 0.0954. The molecule has 0 saturated carbocycles. The molecular formula is C10H9F2NO. The Morgan fingerprint density at radius 3 is 2.64 bits per heavy atom. The van der Waals surface area contributed by atoms with E-state index in [0.717, 1.165) is 6.07 Å². The summed E-state index contributed by atoms with van der Waals surface area (Å²) in [6.45, 7) is 3.35. The molecule has 1 aromatic rings. The molecule has 0 aliphatic rings. The predicted molar refractivity (Wildman–Crippen MR) is 49.8 cm³/mol. The van der Waals surface area contributed by atoms with E-state index in [1.165, 1.54) is 19.2 Å². The Kier molecular flexibility index (Phi) is 2.96. The van der Waals surface area contributed by atoms with Crippen LogP contribution >= 0.6 is 0 Å². The quantitative estimate of drug-likeness (QED) is 0.771. The van der Waals surface area contributed by atoms with Gasteiger partial charge in [-0.25, -0.2) is 8.78 Å². The molecule has 1 aromatic carbocycles. The van der Waals surface area contributed by atoms with Gasteiger partial charge in [-0.2, -0.15) is 0 Å². The van der Waals surface area contributed by atoms with Crippen molar-refractivity contribution in [2.45, 2.75) is 0 Å². The Balaban J connectivity index is 3.39. The highest BCUT2D eigenvalue weighted by Crippen LogP contribution is 2.17. The largest absolute Gasteiger partial charge is 0.355 e. The molecule has 0 spiro atoms. The summed E-state index contributed by atoms with van der Waals surface area (Å²) in [5, 5.41) is 2.16. The summed E-state index contributed by atoms with van der Waals surface area (Å²) in [6.07, 6.45) is 1.22. The average Bonchev–Trinajstić information content (AvgIpc) is 2.18. The second-order valence-corrected chi connectivity index (χ2v) is 2.61. The summed E-state index contributed by atoms with van der Waals surface area (Å²) in [5.41, 5.74) is -0.477. The monoisotopic (exact) mass is 197 g/mol. The molecule has 0 fully saturated rings. The fourth-order valence-electron chi connectivity index (χ4n) is 1.06. The molecule has 0 atom stereocenters. The third-order valence-electron chi connectivity index (χ3n) is 1.80. The standard InChI is InChI=1S/C10H9F2NO/c1-3-6-4-5-7(11)8(9(6)12)10(14)13-2/h3-5H,1H2,2H3,(H,13,14). The number of carbonyl (C=O) groups excluding carboxylic acids is 1. The Hall–Kier alpha value is -1.71. The van der Waals surface area contributed by atoms with Gasteiger partial charge in [0.1, 0.15) is 17.2 Å². The normalized spacial score (nSPS) is 9.64.